The summed E-state index contributed by atoms with van der Waals surface area (Å²) in [4.78, 5) is 4.40. The molecule has 0 amide bonds. The molecule has 0 aliphatic carbocycles. The van der Waals surface area contributed by atoms with E-state index in [0.717, 1.165) is 28.3 Å². The fourth-order valence-corrected chi connectivity index (χ4v) is 3.06. The van der Waals surface area contributed by atoms with E-state index in [1.807, 2.05) is 55.5 Å². The molecule has 0 saturated carbocycles. The summed E-state index contributed by atoms with van der Waals surface area (Å²) in [7, 11) is 0. The van der Waals surface area contributed by atoms with Crippen molar-refractivity contribution < 1.29 is 9.47 Å². The molecule has 0 aromatic heterocycles. The highest BCUT2D eigenvalue weighted by Gasteiger charge is 2.29. The standard InChI is InChI=1S/C19H20N4O2/c1-12-2-5-14(6-3-12)15-10-19(21,23-18(20)22-15)9-13-4-7-16-17(8-13)25-11-24-16/h2-8,10H,9,11,21H2,1H3,(H3,20,22,23). The Labute approximate surface area is 146 Å². The van der Waals surface area contributed by atoms with Crippen molar-refractivity contribution in [2.24, 2.45) is 16.5 Å². The monoisotopic (exact) mass is 336 g/mol. The van der Waals surface area contributed by atoms with Gasteiger partial charge in [0.25, 0.3) is 0 Å². The van der Waals surface area contributed by atoms with Crippen LogP contribution in [0.4, 0.5) is 0 Å². The van der Waals surface area contributed by atoms with Crippen LogP contribution in [0, 0.1) is 6.92 Å². The van der Waals surface area contributed by atoms with Crippen LogP contribution < -0.4 is 26.3 Å². The average molecular weight is 336 g/mol. The van der Waals surface area contributed by atoms with Crippen molar-refractivity contribution >= 4 is 11.7 Å². The highest BCUT2D eigenvalue weighted by atomic mass is 16.7. The number of rotatable bonds is 3. The molecule has 2 aromatic carbocycles. The average Bonchev–Trinajstić information content (AvgIpc) is 3.02. The van der Waals surface area contributed by atoms with Crippen molar-refractivity contribution in [1.82, 2.24) is 5.32 Å². The topological polar surface area (TPSA) is 94.9 Å². The first-order chi connectivity index (χ1) is 12.0. The minimum absolute atomic E-state index is 0.252. The molecule has 0 saturated heterocycles. The van der Waals surface area contributed by atoms with E-state index < -0.39 is 5.66 Å². The van der Waals surface area contributed by atoms with E-state index in [2.05, 4.69) is 10.3 Å². The fraction of sp³-hybridized carbons (Fsp3) is 0.211. The Bertz CT molecular complexity index is 873. The normalized spacial score (nSPS) is 21.4. The summed E-state index contributed by atoms with van der Waals surface area (Å²) in [6, 6.07) is 13.9. The van der Waals surface area contributed by atoms with Gasteiger partial charge in [0.2, 0.25) is 6.79 Å². The first-order valence-electron chi connectivity index (χ1n) is 8.10. The van der Waals surface area contributed by atoms with Gasteiger partial charge in [0, 0.05) is 12.0 Å². The molecule has 2 aliphatic heterocycles. The minimum atomic E-state index is -0.834. The van der Waals surface area contributed by atoms with Gasteiger partial charge in [-0.25, -0.2) is 4.99 Å². The predicted octanol–water partition coefficient (Wildman–Crippen LogP) is 1.88. The van der Waals surface area contributed by atoms with Crippen LogP contribution in [0.1, 0.15) is 16.7 Å². The number of aryl methyl sites for hydroxylation is 1. The maximum atomic E-state index is 6.56. The summed E-state index contributed by atoms with van der Waals surface area (Å²) < 4.78 is 10.8. The van der Waals surface area contributed by atoms with Gasteiger partial charge in [-0.1, -0.05) is 35.9 Å². The lowest BCUT2D eigenvalue weighted by Crippen LogP contribution is -2.59. The molecule has 1 atom stereocenters. The van der Waals surface area contributed by atoms with Gasteiger partial charge < -0.3 is 26.3 Å². The fourth-order valence-electron chi connectivity index (χ4n) is 3.06. The molecule has 0 fully saturated rings. The first-order valence-corrected chi connectivity index (χ1v) is 8.10. The zero-order chi connectivity index (χ0) is 17.4. The molecule has 0 spiro atoms. The molecular weight excluding hydrogens is 316 g/mol. The molecular formula is C19H20N4O2. The Morgan fingerprint density at radius 3 is 2.68 bits per heavy atom. The molecule has 128 valence electrons. The van der Waals surface area contributed by atoms with Crippen LogP contribution in [0.15, 0.2) is 53.5 Å². The Balaban J connectivity index is 1.63. The van der Waals surface area contributed by atoms with E-state index in [9.17, 15) is 0 Å². The Morgan fingerprint density at radius 2 is 1.88 bits per heavy atom. The number of benzene rings is 2. The van der Waals surface area contributed by atoms with Crippen molar-refractivity contribution in [1.29, 1.82) is 0 Å². The molecule has 2 heterocycles. The number of hydrogen-bond acceptors (Lipinski definition) is 6. The van der Waals surface area contributed by atoms with Crippen LogP contribution in [0.25, 0.3) is 5.70 Å². The van der Waals surface area contributed by atoms with Crippen molar-refractivity contribution in [2.75, 3.05) is 6.79 Å². The van der Waals surface area contributed by atoms with Crippen LogP contribution in [0.5, 0.6) is 11.5 Å². The molecule has 25 heavy (non-hydrogen) atoms. The molecule has 1 unspecified atom stereocenters. The molecule has 6 heteroatoms. The molecule has 2 aromatic rings. The van der Waals surface area contributed by atoms with Crippen LogP contribution in [-0.2, 0) is 6.42 Å². The van der Waals surface area contributed by atoms with Gasteiger partial charge in [-0.2, -0.15) is 0 Å². The number of ether oxygens (including phenoxy) is 2. The first kappa shape index (κ1) is 15.5. The third kappa shape index (κ3) is 3.16. The second-order valence-corrected chi connectivity index (χ2v) is 6.42. The van der Waals surface area contributed by atoms with Gasteiger partial charge in [0.05, 0.1) is 5.70 Å². The zero-order valence-electron chi connectivity index (χ0n) is 14.0. The minimum Gasteiger partial charge on any atom is -0.454 e. The molecule has 5 N–H and O–H groups in total. The van der Waals surface area contributed by atoms with E-state index >= 15 is 0 Å². The molecule has 2 aliphatic rings. The number of hydrogen-bond donors (Lipinski definition) is 3. The van der Waals surface area contributed by atoms with E-state index in [0.29, 0.717) is 12.4 Å². The maximum absolute atomic E-state index is 6.56. The largest absolute Gasteiger partial charge is 0.454 e. The maximum Gasteiger partial charge on any atom is 0.231 e. The summed E-state index contributed by atoms with van der Waals surface area (Å²) in [5, 5.41) is 3.08. The van der Waals surface area contributed by atoms with Gasteiger partial charge in [-0.3, -0.25) is 0 Å². The van der Waals surface area contributed by atoms with Crippen LogP contribution in [0.2, 0.25) is 0 Å². The Hall–Kier alpha value is -2.99. The van der Waals surface area contributed by atoms with Crippen molar-refractivity contribution in [3.8, 4) is 11.5 Å². The number of fused-ring (bicyclic) bond motifs is 1. The van der Waals surface area contributed by atoms with Crippen LogP contribution >= 0.6 is 0 Å². The van der Waals surface area contributed by atoms with Gasteiger partial charge in [-0.15, -0.1) is 0 Å². The van der Waals surface area contributed by atoms with Gasteiger partial charge in [0.15, 0.2) is 17.5 Å². The van der Waals surface area contributed by atoms with Crippen molar-refractivity contribution in [2.45, 2.75) is 19.0 Å². The summed E-state index contributed by atoms with van der Waals surface area (Å²) in [5.41, 5.74) is 15.7. The third-order valence-corrected chi connectivity index (χ3v) is 4.28. The highest BCUT2D eigenvalue weighted by molar-refractivity contribution is 5.88. The number of aliphatic imine (C=N–C) groups is 1. The zero-order valence-corrected chi connectivity index (χ0v) is 14.0. The molecule has 0 radical (unpaired) electrons. The summed E-state index contributed by atoms with van der Waals surface area (Å²) in [6.45, 7) is 2.30. The van der Waals surface area contributed by atoms with Gasteiger partial charge >= 0.3 is 0 Å². The summed E-state index contributed by atoms with van der Waals surface area (Å²) >= 11 is 0. The molecule has 0 bridgehead atoms. The molecule has 6 nitrogen and oxygen atoms in total. The van der Waals surface area contributed by atoms with Crippen LogP contribution in [-0.4, -0.2) is 18.4 Å². The summed E-state index contributed by atoms with van der Waals surface area (Å²) in [5.74, 6) is 1.80. The second kappa shape index (κ2) is 5.82. The Morgan fingerprint density at radius 1 is 1.12 bits per heavy atom. The lowest BCUT2D eigenvalue weighted by molar-refractivity contribution is 0.174. The Kier molecular flexibility index (Phi) is 3.62. The molecule has 4 rings (SSSR count). The third-order valence-electron chi connectivity index (χ3n) is 4.28. The number of nitrogens with zero attached hydrogens (tertiary/aromatic N) is 1. The summed E-state index contributed by atoms with van der Waals surface area (Å²) in [6.07, 6.45) is 2.45. The lowest BCUT2D eigenvalue weighted by Gasteiger charge is -2.32. The van der Waals surface area contributed by atoms with Crippen molar-refractivity contribution in [3.63, 3.8) is 0 Å². The number of nitrogens with two attached hydrogens (primary N) is 2. The van der Waals surface area contributed by atoms with Gasteiger partial charge in [0.1, 0.15) is 5.66 Å². The van der Waals surface area contributed by atoms with Crippen LogP contribution in [0.3, 0.4) is 0 Å². The highest BCUT2D eigenvalue weighted by Crippen LogP contribution is 2.33. The van der Waals surface area contributed by atoms with E-state index in [1.165, 1.54) is 5.56 Å². The SMILES string of the molecule is Cc1ccc(C2=CC(N)(Cc3ccc4c(c3)OCO4)NC(N)=N2)cc1. The number of nitrogens with one attached hydrogen (secondary N) is 1. The predicted molar refractivity (Wildman–Crippen MR) is 97.1 cm³/mol. The van der Waals surface area contributed by atoms with E-state index in [4.69, 9.17) is 20.9 Å². The van der Waals surface area contributed by atoms with E-state index in [1.54, 1.807) is 0 Å². The quantitative estimate of drug-likeness (QED) is 0.795. The second-order valence-electron chi connectivity index (χ2n) is 6.42. The lowest BCUT2D eigenvalue weighted by atomic mass is 9.96. The smallest absolute Gasteiger partial charge is 0.231 e. The number of guanidine groups is 1. The van der Waals surface area contributed by atoms with Gasteiger partial charge in [-0.05, 0) is 30.7 Å². The van der Waals surface area contributed by atoms with Crippen molar-refractivity contribution in [3.05, 3.63) is 65.2 Å². The van der Waals surface area contributed by atoms with E-state index in [-0.39, 0.29) is 6.79 Å².